The monoisotopic (exact) mass is 575 g/mol. The van der Waals surface area contributed by atoms with Crippen molar-refractivity contribution in [3.63, 3.8) is 0 Å². The molecule has 41 heavy (non-hydrogen) atoms. The van der Waals surface area contributed by atoms with Gasteiger partial charge in [0.05, 0.1) is 18.8 Å². The predicted molar refractivity (Wildman–Crippen MR) is 153 cm³/mol. The van der Waals surface area contributed by atoms with E-state index in [1.54, 1.807) is 24.0 Å². The number of likely N-dealkylation sites (tertiary alicyclic amines) is 1. The van der Waals surface area contributed by atoms with Crippen molar-refractivity contribution in [1.82, 2.24) is 15.1 Å². The SMILES string of the molecule is CCCN(CCC)C(=O)c1cc(C)cc(C(=O)N[C@@H](Cc2cc(F)cc(F)c2)[C@@H](O)[C@@H](O)CN2CCC[C@@H]2CO)c1. The lowest BCUT2D eigenvalue weighted by Crippen LogP contribution is -2.53. The molecule has 0 radical (unpaired) electrons. The largest absolute Gasteiger partial charge is 0.395 e. The molecule has 4 N–H and O–H groups in total. The topological polar surface area (TPSA) is 113 Å². The second-order valence-electron chi connectivity index (χ2n) is 11.0. The second kappa shape index (κ2) is 15.3. The van der Waals surface area contributed by atoms with Crippen molar-refractivity contribution in [2.75, 3.05) is 32.8 Å². The Morgan fingerprint density at radius 1 is 1.02 bits per heavy atom. The maximum atomic E-state index is 14.0. The van der Waals surface area contributed by atoms with Crippen LogP contribution >= 0.6 is 0 Å². The molecule has 10 heteroatoms. The van der Waals surface area contributed by atoms with Crippen LogP contribution in [-0.2, 0) is 6.42 Å². The van der Waals surface area contributed by atoms with Crippen LogP contribution in [0.25, 0.3) is 0 Å². The molecule has 0 aromatic heterocycles. The fourth-order valence-corrected chi connectivity index (χ4v) is 5.53. The summed E-state index contributed by atoms with van der Waals surface area (Å²) in [6.07, 6.45) is 0.260. The van der Waals surface area contributed by atoms with Crippen molar-refractivity contribution in [3.8, 4) is 0 Å². The van der Waals surface area contributed by atoms with E-state index in [0.29, 0.717) is 30.8 Å². The van der Waals surface area contributed by atoms with Crippen molar-refractivity contribution in [1.29, 1.82) is 0 Å². The molecule has 0 unspecified atom stereocenters. The van der Waals surface area contributed by atoms with Crippen LogP contribution in [0.3, 0.4) is 0 Å². The third-order valence-corrected chi connectivity index (χ3v) is 7.49. The van der Waals surface area contributed by atoms with E-state index in [2.05, 4.69) is 5.32 Å². The minimum Gasteiger partial charge on any atom is -0.395 e. The Morgan fingerprint density at radius 2 is 1.66 bits per heavy atom. The molecule has 2 amide bonds. The molecule has 8 nitrogen and oxygen atoms in total. The molecule has 1 saturated heterocycles. The average Bonchev–Trinajstić information content (AvgIpc) is 3.37. The number of aryl methyl sites for hydroxylation is 1. The molecule has 0 saturated carbocycles. The van der Waals surface area contributed by atoms with Crippen LogP contribution in [0.1, 0.15) is 71.4 Å². The Morgan fingerprint density at radius 3 is 2.27 bits per heavy atom. The van der Waals surface area contributed by atoms with Crippen molar-refractivity contribution in [2.45, 2.75) is 77.2 Å². The molecule has 1 aliphatic heterocycles. The molecule has 1 heterocycles. The van der Waals surface area contributed by atoms with Crippen LogP contribution in [0.5, 0.6) is 0 Å². The van der Waals surface area contributed by atoms with E-state index in [1.807, 2.05) is 18.7 Å². The minimum absolute atomic E-state index is 0.0596. The minimum atomic E-state index is -1.49. The van der Waals surface area contributed by atoms with Gasteiger partial charge >= 0.3 is 0 Å². The number of nitrogens with zero attached hydrogens (tertiary/aromatic N) is 2. The summed E-state index contributed by atoms with van der Waals surface area (Å²) in [5, 5.41) is 34.5. The van der Waals surface area contributed by atoms with Gasteiger partial charge in [0.15, 0.2) is 0 Å². The highest BCUT2D eigenvalue weighted by Gasteiger charge is 2.33. The zero-order valence-electron chi connectivity index (χ0n) is 24.2. The van der Waals surface area contributed by atoms with Crippen molar-refractivity contribution >= 4 is 11.8 Å². The molecule has 2 aromatic carbocycles. The van der Waals surface area contributed by atoms with E-state index in [0.717, 1.165) is 43.9 Å². The number of amides is 2. The van der Waals surface area contributed by atoms with E-state index in [1.165, 1.54) is 6.07 Å². The van der Waals surface area contributed by atoms with E-state index in [-0.39, 0.29) is 42.6 Å². The first-order chi connectivity index (χ1) is 19.6. The first kappa shape index (κ1) is 32.6. The van der Waals surface area contributed by atoms with Gasteiger partial charge in [-0.2, -0.15) is 0 Å². The number of hydrogen-bond donors (Lipinski definition) is 4. The lowest BCUT2D eigenvalue weighted by atomic mass is 9.96. The zero-order valence-corrected chi connectivity index (χ0v) is 24.2. The quantitative estimate of drug-likeness (QED) is 0.276. The Hall–Kier alpha value is -2.92. The molecular weight excluding hydrogens is 532 g/mol. The maximum Gasteiger partial charge on any atom is 0.253 e. The Labute approximate surface area is 241 Å². The predicted octanol–water partition coefficient (Wildman–Crippen LogP) is 3.06. The highest BCUT2D eigenvalue weighted by Crippen LogP contribution is 2.20. The van der Waals surface area contributed by atoms with Gasteiger partial charge in [-0.15, -0.1) is 0 Å². The van der Waals surface area contributed by atoms with Crippen molar-refractivity contribution < 1.29 is 33.7 Å². The standard InChI is InChI=1S/C31H43F2N3O5/c1-4-8-35(9-5-2)31(41)23-12-20(3)11-22(16-23)30(40)34-27(15-21-13-24(32)17-25(33)14-21)29(39)28(38)18-36-10-6-7-26(36)19-37/h11-14,16-17,26-29,37-39H,4-10,15,18-19H2,1-3H3,(H,34,40)/t26-,27+,28+,29-/m1/s1. The summed E-state index contributed by atoms with van der Waals surface area (Å²) >= 11 is 0. The average molecular weight is 576 g/mol. The van der Waals surface area contributed by atoms with Crippen LogP contribution in [-0.4, -0.2) is 94.0 Å². The normalized spacial score (nSPS) is 17.7. The number of rotatable bonds is 14. The van der Waals surface area contributed by atoms with Gasteiger partial charge < -0.3 is 25.5 Å². The molecule has 226 valence electrons. The van der Waals surface area contributed by atoms with Gasteiger partial charge in [0.1, 0.15) is 17.7 Å². The number of halogens is 2. The van der Waals surface area contributed by atoms with Crippen LogP contribution in [0.15, 0.2) is 36.4 Å². The molecule has 4 atom stereocenters. The number of hydrogen-bond acceptors (Lipinski definition) is 6. The molecular formula is C31H43F2N3O5. The fourth-order valence-electron chi connectivity index (χ4n) is 5.53. The molecule has 0 bridgehead atoms. The summed E-state index contributed by atoms with van der Waals surface area (Å²) in [5.74, 6) is -2.37. The van der Waals surface area contributed by atoms with E-state index >= 15 is 0 Å². The molecule has 2 aromatic rings. The van der Waals surface area contributed by atoms with Gasteiger partial charge in [0, 0.05) is 42.9 Å². The first-order valence-corrected chi connectivity index (χ1v) is 14.4. The van der Waals surface area contributed by atoms with Crippen LogP contribution < -0.4 is 5.32 Å². The lowest BCUT2D eigenvalue weighted by molar-refractivity contribution is -0.0253. The number of β-amino-alcohol motifs (C(OH)–C–C–N with tert-alkyl or cyclic N) is 1. The zero-order chi connectivity index (χ0) is 30.1. The van der Waals surface area contributed by atoms with Gasteiger partial charge in [-0.3, -0.25) is 14.5 Å². The summed E-state index contributed by atoms with van der Waals surface area (Å²) < 4.78 is 27.9. The van der Waals surface area contributed by atoms with Crippen LogP contribution in [0.2, 0.25) is 0 Å². The fraction of sp³-hybridized carbons (Fsp3) is 0.548. The van der Waals surface area contributed by atoms with E-state index in [9.17, 15) is 33.7 Å². The van der Waals surface area contributed by atoms with Crippen molar-refractivity contribution in [2.24, 2.45) is 0 Å². The maximum absolute atomic E-state index is 14.0. The van der Waals surface area contributed by atoms with Gasteiger partial charge in [-0.1, -0.05) is 13.8 Å². The number of benzene rings is 2. The number of carbonyl (C=O) groups is 2. The Bertz CT molecular complexity index is 1150. The molecule has 3 rings (SSSR count). The highest BCUT2D eigenvalue weighted by atomic mass is 19.1. The van der Waals surface area contributed by atoms with E-state index in [4.69, 9.17) is 0 Å². The second-order valence-corrected chi connectivity index (χ2v) is 11.0. The Balaban J connectivity index is 1.86. The van der Waals surface area contributed by atoms with Gasteiger partial charge in [-0.25, -0.2) is 8.78 Å². The van der Waals surface area contributed by atoms with Crippen LogP contribution in [0, 0.1) is 18.6 Å². The summed E-state index contributed by atoms with van der Waals surface area (Å²) in [6, 6.07) is 6.56. The van der Waals surface area contributed by atoms with Crippen molar-refractivity contribution in [3.05, 3.63) is 70.3 Å². The summed E-state index contributed by atoms with van der Waals surface area (Å²) in [6.45, 7) is 7.56. The van der Waals surface area contributed by atoms with Gasteiger partial charge in [0.25, 0.3) is 11.8 Å². The lowest BCUT2D eigenvalue weighted by Gasteiger charge is -2.32. The number of nitrogens with one attached hydrogen (secondary N) is 1. The van der Waals surface area contributed by atoms with Crippen LogP contribution in [0.4, 0.5) is 8.78 Å². The molecule has 0 spiro atoms. The highest BCUT2D eigenvalue weighted by molar-refractivity contribution is 6.00. The third-order valence-electron chi connectivity index (χ3n) is 7.49. The van der Waals surface area contributed by atoms with Gasteiger partial charge in [-0.05, 0) is 87.0 Å². The summed E-state index contributed by atoms with van der Waals surface area (Å²) in [5.41, 5.74) is 1.45. The number of aliphatic hydroxyl groups is 3. The number of aliphatic hydroxyl groups excluding tert-OH is 3. The number of carbonyl (C=O) groups excluding carboxylic acids is 2. The summed E-state index contributed by atoms with van der Waals surface area (Å²) in [7, 11) is 0. The smallest absolute Gasteiger partial charge is 0.253 e. The molecule has 1 aliphatic rings. The molecule has 1 fully saturated rings. The first-order valence-electron chi connectivity index (χ1n) is 14.4. The third kappa shape index (κ3) is 9.03. The van der Waals surface area contributed by atoms with Gasteiger partial charge in [0.2, 0.25) is 0 Å². The van der Waals surface area contributed by atoms with E-state index < -0.39 is 35.8 Å². The Kier molecular flexibility index (Phi) is 12.2. The molecule has 0 aliphatic carbocycles. The summed E-state index contributed by atoms with van der Waals surface area (Å²) in [4.78, 5) is 30.3.